The number of hydrogen-bond donors (Lipinski definition) is 4. The number of carbonyl (C=O) groups excluding carboxylic acids is 1. The lowest BCUT2D eigenvalue weighted by Crippen LogP contribution is -2.43. The number of hydroxylamine groups is 1. The van der Waals surface area contributed by atoms with E-state index in [2.05, 4.69) is 26.5 Å². The zero-order valence-corrected chi connectivity index (χ0v) is 27.1. The molecule has 1 aliphatic heterocycles. The number of fused-ring (bicyclic) bond motifs is 1. The number of rotatable bonds is 8. The average molecular weight is 693 g/mol. The standard InChI is InChI=1S/C35H28F2N8O3.CH2O2/c1-20-26-13-31(37)27(14-32(26)48-44-20)29-19-42-35(28(16-39)34(29)22-4-5-23(15-38)30(36)12-22)45-10-8-24(9-11-45)41-18-25-6-2-21(17-40-25)3-7-33(46)43-47;2-1-3/h2-7,12-14,17,19,24,41,47H,8-11,18H2,1H3,(H,43,46);1H,(H,2,3)/b7-3+;. The molecule has 1 amide bonds. The third-order valence-electron chi connectivity index (χ3n) is 8.33. The molecule has 51 heavy (non-hydrogen) atoms. The van der Waals surface area contributed by atoms with Crippen LogP contribution in [0.1, 0.15) is 40.9 Å². The van der Waals surface area contributed by atoms with Crippen LogP contribution in [0.25, 0.3) is 39.3 Å². The van der Waals surface area contributed by atoms with E-state index in [1.807, 2.05) is 23.1 Å². The number of amides is 1. The first-order valence-electron chi connectivity index (χ1n) is 15.5. The van der Waals surface area contributed by atoms with Crippen molar-refractivity contribution in [2.45, 2.75) is 32.4 Å². The Morgan fingerprint density at radius 3 is 2.47 bits per heavy atom. The molecule has 3 aromatic heterocycles. The van der Waals surface area contributed by atoms with Gasteiger partial charge < -0.3 is 19.8 Å². The number of nitrogens with one attached hydrogen (secondary N) is 2. The second kappa shape index (κ2) is 16.2. The number of piperidine rings is 1. The number of carboxylic acid groups (broad SMARTS) is 1. The zero-order chi connectivity index (χ0) is 36.5. The first kappa shape index (κ1) is 35.7. The molecule has 0 aliphatic carbocycles. The van der Waals surface area contributed by atoms with E-state index in [1.54, 1.807) is 19.2 Å². The number of pyridine rings is 2. The molecular formula is C36H30F2N8O5. The Bertz CT molecular complexity index is 2180. The fraction of sp³-hybridized carbons (Fsp3) is 0.194. The second-order valence-corrected chi connectivity index (χ2v) is 11.4. The van der Waals surface area contributed by atoms with Crippen molar-refractivity contribution >= 4 is 35.2 Å². The van der Waals surface area contributed by atoms with Gasteiger partial charge in [-0.05, 0) is 67.3 Å². The molecule has 5 aromatic rings. The van der Waals surface area contributed by atoms with Crippen molar-refractivity contribution in [1.82, 2.24) is 25.9 Å². The quantitative estimate of drug-likeness (QED) is 0.0712. The van der Waals surface area contributed by atoms with Crippen molar-refractivity contribution in [1.29, 1.82) is 10.5 Å². The van der Waals surface area contributed by atoms with Crippen LogP contribution in [-0.4, -0.2) is 56.9 Å². The first-order chi connectivity index (χ1) is 24.7. The van der Waals surface area contributed by atoms with Gasteiger partial charge in [-0.25, -0.2) is 19.2 Å². The summed E-state index contributed by atoms with van der Waals surface area (Å²) in [5.74, 6) is -1.57. The minimum atomic E-state index is -0.758. The lowest BCUT2D eigenvalue weighted by atomic mass is 9.90. The lowest BCUT2D eigenvalue weighted by molar-refractivity contribution is -0.124. The summed E-state index contributed by atoms with van der Waals surface area (Å²) in [5, 5.41) is 43.2. The summed E-state index contributed by atoms with van der Waals surface area (Å²) < 4.78 is 35.9. The van der Waals surface area contributed by atoms with E-state index in [4.69, 9.17) is 19.6 Å². The summed E-state index contributed by atoms with van der Waals surface area (Å²) in [7, 11) is 0. The normalized spacial score (nSPS) is 12.9. The van der Waals surface area contributed by atoms with E-state index in [1.165, 1.54) is 48.1 Å². The highest BCUT2D eigenvalue weighted by atomic mass is 19.1. The largest absolute Gasteiger partial charge is 0.483 e. The lowest BCUT2D eigenvalue weighted by Gasteiger charge is -2.34. The molecule has 1 aliphatic rings. The number of hydrogen-bond acceptors (Lipinski definition) is 11. The maximum Gasteiger partial charge on any atom is 0.290 e. The van der Waals surface area contributed by atoms with E-state index in [0.717, 1.165) is 18.5 Å². The van der Waals surface area contributed by atoms with Gasteiger partial charge in [-0.2, -0.15) is 10.5 Å². The zero-order valence-electron chi connectivity index (χ0n) is 27.1. The Morgan fingerprint density at radius 2 is 1.82 bits per heavy atom. The minimum absolute atomic E-state index is 0.116. The summed E-state index contributed by atoms with van der Waals surface area (Å²) in [6.07, 6.45) is 7.33. The molecule has 4 heterocycles. The molecule has 1 saturated heterocycles. The fourth-order valence-electron chi connectivity index (χ4n) is 5.79. The van der Waals surface area contributed by atoms with Gasteiger partial charge in [0.1, 0.15) is 35.2 Å². The van der Waals surface area contributed by atoms with Crippen molar-refractivity contribution in [2.24, 2.45) is 0 Å². The second-order valence-electron chi connectivity index (χ2n) is 11.4. The van der Waals surface area contributed by atoms with Crippen molar-refractivity contribution in [3.05, 3.63) is 101 Å². The van der Waals surface area contributed by atoms with Gasteiger partial charge in [-0.3, -0.25) is 19.8 Å². The smallest absolute Gasteiger partial charge is 0.290 e. The van der Waals surface area contributed by atoms with Crippen molar-refractivity contribution in [2.75, 3.05) is 18.0 Å². The molecule has 0 radical (unpaired) electrons. The molecule has 1 fully saturated rings. The maximum absolute atomic E-state index is 15.6. The van der Waals surface area contributed by atoms with E-state index in [0.29, 0.717) is 58.8 Å². The van der Waals surface area contributed by atoms with E-state index in [9.17, 15) is 19.7 Å². The Morgan fingerprint density at radius 1 is 1.06 bits per heavy atom. The fourth-order valence-corrected chi connectivity index (χ4v) is 5.79. The Kier molecular flexibility index (Phi) is 11.4. The molecule has 258 valence electrons. The number of aromatic nitrogens is 3. The number of nitriles is 2. The molecule has 0 spiro atoms. The van der Waals surface area contributed by atoms with Crippen LogP contribution >= 0.6 is 0 Å². The number of anilines is 1. The van der Waals surface area contributed by atoms with Gasteiger partial charge in [0.05, 0.1) is 17.0 Å². The molecule has 13 nitrogen and oxygen atoms in total. The summed E-state index contributed by atoms with van der Waals surface area (Å²) in [4.78, 5) is 30.6. The number of benzene rings is 2. The van der Waals surface area contributed by atoms with Crippen molar-refractivity contribution in [3.8, 4) is 34.4 Å². The van der Waals surface area contributed by atoms with Gasteiger partial charge in [-0.15, -0.1) is 0 Å². The molecule has 0 unspecified atom stereocenters. The van der Waals surface area contributed by atoms with Crippen LogP contribution in [0.2, 0.25) is 0 Å². The number of halogens is 2. The van der Waals surface area contributed by atoms with Gasteiger partial charge in [0, 0.05) is 66.2 Å². The van der Waals surface area contributed by atoms with E-state index in [-0.39, 0.29) is 34.8 Å². The Balaban J connectivity index is 0.00000162. The van der Waals surface area contributed by atoms with Crippen LogP contribution in [0, 0.1) is 41.2 Å². The summed E-state index contributed by atoms with van der Waals surface area (Å²) >= 11 is 0. The molecular weight excluding hydrogens is 662 g/mol. The highest BCUT2D eigenvalue weighted by Gasteiger charge is 2.27. The van der Waals surface area contributed by atoms with Crippen LogP contribution in [0.15, 0.2) is 65.5 Å². The monoisotopic (exact) mass is 692 g/mol. The van der Waals surface area contributed by atoms with Gasteiger partial charge in [0.2, 0.25) is 0 Å². The molecule has 0 saturated carbocycles. The summed E-state index contributed by atoms with van der Waals surface area (Å²) in [6, 6.07) is 14.8. The van der Waals surface area contributed by atoms with Gasteiger partial charge in [0.15, 0.2) is 5.58 Å². The van der Waals surface area contributed by atoms with Crippen LogP contribution in [0.4, 0.5) is 14.6 Å². The predicted molar refractivity (Wildman–Crippen MR) is 181 cm³/mol. The van der Waals surface area contributed by atoms with E-state index < -0.39 is 17.5 Å². The molecule has 6 rings (SSSR count). The predicted octanol–water partition coefficient (Wildman–Crippen LogP) is 5.26. The molecule has 0 bridgehead atoms. The third-order valence-corrected chi connectivity index (χ3v) is 8.33. The van der Waals surface area contributed by atoms with Gasteiger partial charge >= 0.3 is 0 Å². The highest BCUT2D eigenvalue weighted by molar-refractivity contribution is 5.94. The molecule has 4 N–H and O–H groups in total. The molecule has 15 heteroatoms. The number of aryl methyl sites for hydroxylation is 1. The molecule has 0 atom stereocenters. The maximum atomic E-state index is 15.6. The number of carbonyl (C=O) groups is 2. The SMILES string of the molecule is Cc1noc2cc(-c3cnc(N4CCC(NCc5ccc(/C=C/C(=O)NO)cn5)CC4)c(C#N)c3-c3ccc(C#N)c(F)c3)c(F)cc12.O=CO. The van der Waals surface area contributed by atoms with Gasteiger partial charge in [0.25, 0.3) is 12.4 Å². The Hall–Kier alpha value is -6.55. The van der Waals surface area contributed by atoms with Crippen molar-refractivity contribution in [3.63, 3.8) is 0 Å². The van der Waals surface area contributed by atoms with E-state index >= 15 is 4.39 Å². The van der Waals surface area contributed by atoms with Crippen LogP contribution in [0.5, 0.6) is 0 Å². The minimum Gasteiger partial charge on any atom is -0.483 e. The first-order valence-corrected chi connectivity index (χ1v) is 15.5. The van der Waals surface area contributed by atoms with Crippen LogP contribution in [-0.2, 0) is 16.1 Å². The van der Waals surface area contributed by atoms with Crippen LogP contribution in [0.3, 0.4) is 0 Å². The summed E-state index contributed by atoms with van der Waals surface area (Å²) in [6.45, 7) is 3.12. The van der Waals surface area contributed by atoms with Crippen molar-refractivity contribution < 1.29 is 33.2 Å². The average Bonchev–Trinajstić information content (AvgIpc) is 3.51. The highest BCUT2D eigenvalue weighted by Crippen LogP contribution is 2.41. The Labute approximate surface area is 290 Å². The summed E-state index contributed by atoms with van der Waals surface area (Å²) in [5.41, 5.74) is 4.94. The molecule has 2 aromatic carbocycles. The number of nitrogens with zero attached hydrogens (tertiary/aromatic N) is 6. The van der Waals surface area contributed by atoms with Crippen LogP contribution < -0.4 is 15.7 Å². The third kappa shape index (κ3) is 8.02. The topological polar surface area (TPSA) is 201 Å². The van der Waals surface area contributed by atoms with Gasteiger partial charge in [-0.1, -0.05) is 17.3 Å².